The van der Waals surface area contributed by atoms with Gasteiger partial charge in [-0.15, -0.1) is 11.3 Å². The monoisotopic (exact) mass is 195 g/mol. The molecule has 0 aromatic carbocycles. The van der Waals surface area contributed by atoms with Crippen molar-refractivity contribution in [3.8, 4) is 0 Å². The van der Waals surface area contributed by atoms with E-state index in [1.165, 1.54) is 37.8 Å². The Hall–Kier alpha value is -0.340. The SMILES string of the molecule is Cc1ccsc1C1CCCCCN1. The van der Waals surface area contributed by atoms with Crippen LogP contribution in [0.3, 0.4) is 0 Å². The second kappa shape index (κ2) is 4.25. The molecule has 0 bridgehead atoms. The molecule has 0 spiro atoms. The van der Waals surface area contributed by atoms with Crippen LogP contribution in [-0.4, -0.2) is 6.54 Å². The zero-order valence-corrected chi connectivity index (χ0v) is 8.99. The average molecular weight is 195 g/mol. The smallest absolute Gasteiger partial charge is 0.0417 e. The molecule has 1 nitrogen and oxygen atoms in total. The van der Waals surface area contributed by atoms with Gasteiger partial charge >= 0.3 is 0 Å². The van der Waals surface area contributed by atoms with Crippen molar-refractivity contribution in [1.29, 1.82) is 0 Å². The van der Waals surface area contributed by atoms with E-state index < -0.39 is 0 Å². The summed E-state index contributed by atoms with van der Waals surface area (Å²) in [5.74, 6) is 0. The number of hydrogen-bond donors (Lipinski definition) is 1. The van der Waals surface area contributed by atoms with Crippen LogP contribution >= 0.6 is 11.3 Å². The maximum absolute atomic E-state index is 3.64. The summed E-state index contributed by atoms with van der Waals surface area (Å²) in [5.41, 5.74) is 1.46. The maximum atomic E-state index is 3.64. The molecule has 2 heteroatoms. The summed E-state index contributed by atoms with van der Waals surface area (Å²) >= 11 is 1.90. The van der Waals surface area contributed by atoms with Crippen LogP contribution in [0.4, 0.5) is 0 Å². The summed E-state index contributed by atoms with van der Waals surface area (Å²) in [6, 6.07) is 2.87. The minimum Gasteiger partial charge on any atom is -0.309 e. The van der Waals surface area contributed by atoms with Crippen molar-refractivity contribution in [1.82, 2.24) is 5.32 Å². The molecule has 2 rings (SSSR count). The second-order valence-electron chi connectivity index (χ2n) is 3.82. The normalized spacial score (nSPS) is 24.2. The van der Waals surface area contributed by atoms with E-state index in [9.17, 15) is 0 Å². The zero-order valence-electron chi connectivity index (χ0n) is 8.18. The van der Waals surface area contributed by atoms with Crippen LogP contribution in [0.2, 0.25) is 0 Å². The van der Waals surface area contributed by atoms with Gasteiger partial charge in [0, 0.05) is 10.9 Å². The third-order valence-electron chi connectivity index (χ3n) is 2.78. The van der Waals surface area contributed by atoms with Crippen molar-refractivity contribution >= 4 is 11.3 Å². The van der Waals surface area contributed by atoms with Gasteiger partial charge in [0.2, 0.25) is 0 Å². The van der Waals surface area contributed by atoms with Gasteiger partial charge in [-0.25, -0.2) is 0 Å². The van der Waals surface area contributed by atoms with Crippen molar-refractivity contribution in [3.63, 3.8) is 0 Å². The lowest BCUT2D eigenvalue weighted by molar-refractivity contribution is 0.541. The number of nitrogens with one attached hydrogen (secondary N) is 1. The third kappa shape index (κ3) is 2.12. The van der Waals surface area contributed by atoms with Crippen molar-refractivity contribution in [2.24, 2.45) is 0 Å². The molecule has 0 amide bonds. The molecule has 1 aromatic heterocycles. The van der Waals surface area contributed by atoms with E-state index in [1.54, 1.807) is 4.88 Å². The molecule has 0 radical (unpaired) electrons. The van der Waals surface area contributed by atoms with Crippen molar-refractivity contribution in [2.45, 2.75) is 38.6 Å². The van der Waals surface area contributed by atoms with Gasteiger partial charge in [-0.3, -0.25) is 0 Å². The highest BCUT2D eigenvalue weighted by Crippen LogP contribution is 2.29. The molecule has 1 fully saturated rings. The summed E-state index contributed by atoms with van der Waals surface area (Å²) in [4.78, 5) is 1.56. The molecular weight excluding hydrogens is 178 g/mol. The minimum absolute atomic E-state index is 0.641. The Balaban J connectivity index is 2.10. The van der Waals surface area contributed by atoms with Crippen molar-refractivity contribution < 1.29 is 0 Å². The van der Waals surface area contributed by atoms with Crippen LogP contribution < -0.4 is 5.32 Å². The summed E-state index contributed by atoms with van der Waals surface area (Å²) in [6.45, 7) is 3.42. The van der Waals surface area contributed by atoms with E-state index in [0.717, 1.165) is 0 Å². The van der Waals surface area contributed by atoms with E-state index >= 15 is 0 Å². The van der Waals surface area contributed by atoms with Crippen LogP contribution in [0.25, 0.3) is 0 Å². The van der Waals surface area contributed by atoms with Crippen LogP contribution in [0.15, 0.2) is 11.4 Å². The fourth-order valence-electron chi connectivity index (χ4n) is 1.99. The first-order valence-corrected chi connectivity index (χ1v) is 6.03. The first kappa shape index (κ1) is 9.22. The molecule has 1 N–H and O–H groups in total. The lowest BCUT2D eigenvalue weighted by Gasteiger charge is -2.14. The molecule has 1 aliphatic heterocycles. The van der Waals surface area contributed by atoms with Crippen LogP contribution in [0.1, 0.15) is 42.2 Å². The number of thiophene rings is 1. The first-order valence-electron chi connectivity index (χ1n) is 5.15. The van der Waals surface area contributed by atoms with E-state index in [1.807, 2.05) is 11.3 Å². The second-order valence-corrected chi connectivity index (χ2v) is 4.77. The van der Waals surface area contributed by atoms with Gasteiger partial charge in [0.1, 0.15) is 0 Å². The summed E-state index contributed by atoms with van der Waals surface area (Å²) in [6.07, 6.45) is 5.45. The lowest BCUT2D eigenvalue weighted by Crippen LogP contribution is -2.19. The number of hydrogen-bond acceptors (Lipinski definition) is 2. The molecule has 0 saturated carbocycles. The minimum atomic E-state index is 0.641. The van der Waals surface area contributed by atoms with E-state index in [0.29, 0.717) is 6.04 Å². The third-order valence-corrected chi connectivity index (χ3v) is 3.91. The quantitative estimate of drug-likeness (QED) is 0.725. The highest BCUT2D eigenvalue weighted by molar-refractivity contribution is 7.10. The molecule has 1 unspecified atom stereocenters. The Morgan fingerprint density at radius 3 is 3.08 bits per heavy atom. The maximum Gasteiger partial charge on any atom is 0.0417 e. The highest BCUT2D eigenvalue weighted by Gasteiger charge is 2.15. The molecule has 1 atom stereocenters. The Bertz CT molecular complexity index is 259. The molecule has 13 heavy (non-hydrogen) atoms. The fraction of sp³-hybridized carbons (Fsp3) is 0.636. The molecular formula is C11H17NS. The van der Waals surface area contributed by atoms with Gasteiger partial charge in [-0.1, -0.05) is 12.8 Å². The van der Waals surface area contributed by atoms with E-state index in [4.69, 9.17) is 0 Å². The van der Waals surface area contributed by atoms with Crippen molar-refractivity contribution in [3.05, 3.63) is 21.9 Å². The summed E-state index contributed by atoms with van der Waals surface area (Å²) in [5, 5.41) is 5.84. The predicted octanol–water partition coefficient (Wildman–Crippen LogP) is 3.26. The molecule has 1 aliphatic rings. The molecule has 0 aliphatic carbocycles. The van der Waals surface area contributed by atoms with Crippen molar-refractivity contribution in [2.75, 3.05) is 6.54 Å². The van der Waals surface area contributed by atoms with Gasteiger partial charge in [-0.2, -0.15) is 0 Å². The van der Waals surface area contributed by atoms with Gasteiger partial charge < -0.3 is 5.32 Å². The predicted molar refractivity (Wildman–Crippen MR) is 58.3 cm³/mol. The van der Waals surface area contributed by atoms with Crippen LogP contribution in [0.5, 0.6) is 0 Å². The van der Waals surface area contributed by atoms with E-state index in [2.05, 4.69) is 23.7 Å². The van der Waals surface area contributed by atoms with Gasteiger partial charge in [-0.05, 0) is 43.3 Å². The van der Waals surface area contributed by atoms with Crippen LogP contribution in [0, 0.1) is 6.92 Å². The molecule has 1 aromatic rings. The number of aryl methyl sites for hydroxylation is 1. The standard InChI is InChI=1S/C11H17NS/c1-9-6-8-13-11(9)10-5-3-2-4-7-12-10/h6,8,10,12H,2-5,7H2,1H3. The Morgan fingerprint density at radius 2 is 2.31 bits per heavy atom. The summed E-state index contributed by atoms with van der Waals surface area (Å²) in [7, 11) is 0. The molecule has 1 saturated heterocycles. The topological polar surface area (TPSA) is 12.0 Å². The fourth-order valence-corrected chi connectivity index (χ4v) is 3.03. The Labute approximate surface area is 84.2 Å². The molecule has 2 heterocycles. The van der Waals surface area contributed by atoms with Gasteiger partial charge in [0.05, 0.1) is 0 Å². The largest absolute Gasteiger partial charge is 0.309 e. The van der Waals surface area contributed by atoms with E-state index in [-0.39, 0.29) is 0 Å². The lowest BCUT2D eigenvalue weighted by atomic mass is 10.1. The van der Waals surface area contributed by atoms with Gasteiger partial charge in [0.15, 0.2) is 0 Å². The zero-order chi connectivity index (χ0) is 9.10. The first-order chi connectivity index (χ1) is 6.38. The van der Waals surface area contributed by atoms with Crippen LogP contribution in [-0.2, 0) is 0 Å². The Morgan fingerprint density at radius 1 is 1.38 bits per heavy atom. The Kier molecular flexibility index (Phi) is 3.01. The average Bonchev–Trinajstić information content (AvgIpc) is 2.43. The molecule has 72 valence electrons. The number of rotatable bonds is 1. The summed E-state index contributed by atoms with van der Waals surface area (Å²) < 4.78 is 0. The highest BCUT2D eigenvalue weighted by atomic mass is 32.1. The van der Waals surface area contributed by atoms with Gasteiger partial charge in [0.25, 0.3) is 0 Å².